The SMILES string of the molecule is O=C(O)c1cccc(CS(=O)(=O)Nc2cnccn2)c1. The lowest BCUT2D eigenvalue weighted by atomic mass is 10.1. The van der Waals surface area contributed by atoms with Gasteiger partial charge in [-0.25, -0.2) is 18.2 Å². The number of rotatable bonds is 5. The van der Waals surface area contributed by atoms with E-state index in [-0.39, 0.29) is 17.1 Å². The minimum atomic E-state index is -3.68. The van der Waals surface area contributed by atoms with Crippen LogP contribution in [0.15, 0.2) is 42.9 Å². The standard InChI is InChI=1S/C12H11N3O4S/c16-12(17)10-3-1-2-9(6-10)8-20(18,19)15-11-7-13-4-5-14-11/h1-7H,8H2,(H,14,15)(H,16,17). The van der Waals surface area contributed by atoms with Crippen molar-refractivity contribution in [2.75, 3.05) is 4.72 Å². The molecule has 104 valence electrons. The van der Waals surface area contributed by atoms with Crippen molar-refractivity contribution in [1.29, 1.82) is 0 Å². The number of benzene rings is 1. The van der Waals surface area contributed by atoms with E-state index < -0.39 is 16.0 Å². The Balaban J connectivity index is 2.16. The van der Waals surface area contributed by atoms with Crippen molar-refractivity contribution in [3.63, 3.8) is 0 Å². The number of nitrogens with zero attached hydrogens (tertiary/aromatic N) is 2. The molecule has 0 aliphatic carbocycles. The fraction of sp³-hybridized carbons (Fsp3) is 0.0833. The number of hydrogen-bond donors (Lipinski definition) is 2. The van der Waals surface area contributed by atoms with Crippen LogP contribution in [0.3, 0.4) is 0 Å². The molecule has 7 nitrogen and oxygen atoms in total. The summed E-state index contributed by atoms with van der Waals surface area (Å²) < 4.78 is 26.1. The van der Waals surface area contributed by atoms with Gasteiger partial charge in [-0.15, -0.1) is 0 Å². The molecule has 0 unspecified atom stereocenters. The van der Waals surface area contributed by atoms with Crippen molar-refractivity contribution in [3.05, 3.63) is 54.0 Å². The monoisotopic (exact) mass is 293 g/mol. The maximum atomic E-state index is 11.9. The van der Waals surface area contributed by atoms with E-state index in [4.69, 9.17) is 5.11 Å². The van der Waals surface area contributed by atoms with E-state index >= 15 is 0 Å². The summed E-state index contributed by atoms with van der Waals surface area (Å²) in [7, 11) is -3.68. The smallest absolute Gasteiger partial charge is 0.335 e. The number of carboxylic acid groups (broad SMARTS) is 1. The maximum absolute atomic E-state index is 11.9. The number of carbonyl (C=O) groups is 1. The zero-order chi connectivity index (χ0) is 14.6. The summed E-state index contributed by atoms with van der Waals surface area (Å²) in [4.78, 5) is 18.4. The third kappa shape index (κ3) is 3.75. The highest BCUT2D eigenvalue weighted by molar-refractivity contribution is 7.91. The Morgan fingerprint density at radius 3 is 2.75 bits per heavy atom. The third-order valence-electron chi connectivity index (χ3n) is 2.35. The molecular formula is C12H11N3O4S. The van der Waals surface area contributed by atoms with Crippen molar-refractivity contribution in [1.82, 2.24) is 9.97 Å². The summed E-state index contributed by atoms with van der Waals surface area (Å²) in [6.07, 6.45) is 4.07. The normalized spacial score (nSPS) is 11.0. The van der Waals surface area contributed by atoms with Gasteiger partial charge in [-0.05, 0) is 17.7 Å². The lowest BCUT2D eigenvalue weighted by Gasteiger charge is -2.07. The molecule has 2 aromatic rings. The molecule has 0 fully saturated rings. The number of nitrogens with one attached hydrogen (secondary N) is 1. The minimum Gasteiger partial charge on any atom is -0.478 e. The van der Waals surface area contributed by atoms with E-state index in [1.807, 2.05) is 0 Å². The van der Waals surface area contributed by atoms with Crippen LogP contribution in [0.2, 0.25) is 0 Å². The number of aromatic nitrogens is 2. The molecule has 0 radical (unpaired) electrons. The molecule has 0 aliphatic rings. The molecule has 8 heteroatoms. The van der Waals surface area contributed by atoms with Crippen LogP contribution in [0, 0.1) is 0 Å². The van der Waals surface area contributed by atoms with Crippen LogP contribution in [-0.4, -0.2) is 29.5 Å². The van der Waals surface area contributed by atoms with Crippen LogP contribution in [-0.2, 0) is 15.8 Å². The lowest BCUT2D eigenvalue weighted by Crippen LogP contribution is -2.16. The van der Waals surface area contributed by atoms with Gasteiger partial charge in [-0.3, -0.25) is 9.71 Å². The fourth-order valence-electron chi connectivity index (χ4n) is 1.56. The van der Waals surface area contributed by atoms with Gasteiger partial charge in [0.2, 0.25) is 10.0 Å². The number of carboxylic acids is 1. The average Bonchev–Trinajstić information content (AvgIpc) is 2.39. The topological polar surface area (TPSA) is 109 Å². The summed E-state index contributed by atoms with van der Waals surface area (Å²) in [5.41, 5.74) is 0.415. The fourth-order valence-corrected chi connectivity index (χ4v) is 2.68. The molecule has 0 bridgehead atoms. The molecule has 1 aromatic carbocycles. The summed E-state index contributed by atoms with van der Waals surface area (Å²) in [6, 6.07) is 5.76. The summed E-state index contributed by atoms with van der Waals surface area (Å²) >= 11 is 0. The Bertz CT molecular complexity index is 716. The van der Waals surface area contributed by atoms with E-state index in [1.165, 1.54) is 36.8 Å². The van der Waals surface area contributed by atoms with Crippen molar-refractivity contribution >= 4 is 21.8 Å². The first-order valence-corrected chi connectivity index (χ1v) is 7.20. The Hall–Kier alpha value is -2.48. The van der Waals surface area contributed by atoms with Gasteiger partial charge in [-0.2, -0.15) is 0 Å². The highest BCUT2D eigenvalue weighted by Gasteiger charge is 2.13. The van der Waals surface area contributed by atoms with E-state index in [0.29, 0.717) is 5.56 Å². The maximum Gasteiger partial charge on any atom is 0.335 e. The summed E-state index contributed by atoms with van der Waals surface area (Å²) in [5, 5.41) is 8.86. The van der Waals surface area contributed by atoms with Crippen molar-refractivity contribution in [2.24, 2.45) is 0 Å². The zero-order valence-corrected chi connectivity index (χ0v) is 11.0. The Kier molecular flexibility index (Phi) is 3.94. The van der Waals surface area contributed by atoms with Crippen LogP contribution in [0.5, 0.6) is 0 Å². The van der Waals surface area contributed by atoms with E-state index in [0.717, 1.165) is 0 Å². The predicted octanol–water partition coefficient (Wildman–Crippen LogP) is 1.12. The molecule has 0 spiro atoms. The molecule has 0 saturated heterocycles. The molecule has 2 N–H and O–H groups in total. The molecule has 0 amide bonds. The highest BCUT2D eigenvalue weighted by Crippen LogP contribution is 2.11. The van der Waals surface area contributed by atoms with Gasteiger partial charge < -0.3 is 5.11 Å². The predicted molar refractivity (Wildman–Crippen MR) is 71.7 cm³/mol. The largest absolute Gasteiger partial charge is 0.478 e. The molecule has 1 heterocycles. The van der Waals surface area contributed by atoms with Gasteiger partial charge in [0.15, 0.2) is 5.82 Å². The van der Waals surface area contributed by atoms with Gasteiger partial charge in [0.1, 0.15) is 0 Å². The first kappa shape index (κ1) is 13.9. The lowest BCUT2D eigenvalue weighted by molar-refractivity contribution is 0.0696. The van der Waals surface area contributed by atoms with Gasteiger partial charge in [0.25, 0.3) is 0 Å². The highest BCUT2D eigenvalue weighted by atomic mass is 32.2. The Morgan fingerprint density at radius 2 is 2.10 bits per heavy atom. The average molecular weight is 293 g/mol. The number of sulfonamides is 1. The quantitative estimate of drug-likeness (QED) is 0.854. The first-order chi connectivity index (χ1) is 9.46. The molecule has 2 rings (SSSR count). The van der Waals surface area contributed by atoms with Crippen molar-refractivity contribution < 1.29 is 18.3 Å². The molecule has 0 atom stereocenters. The summed E-state index contributed by atoms with van der Waals surface area (Å²) in [5.74, 6) is -1.34. The molecule has 20 heavy (non-hydrogen) atoms. The van der Waals surface area contributed by atoms with Crippen LogP contribution >= 0.6 is 0 Å². The van der Waals surface area contributed by atoms with E-state index in [1.54, 1.807) is 6.07 Å². The minimum absolute atomic E-state index is 0.0391. The van der Waals surface area contributed by atoms with Crippen LogP contribution in [0.25, 0.3) is 0 Å². The molecular weight excluding hydrogens is 282 g/mol. The Labute approximate surface area is 115 Å². The second-order valence-corrected chi connectivity index (χ2v) is 5.68. The number of aromatic carboxylic acids is 1. The number of hydrogen-bond acceptors (Lipinski definition) is 5. The second-order valence-electron chi connectivity index (χ2n) is 3.96. The zero-order valence-electron chi connectivity index (χ0n) is 10.2. The van der Waals surface area contributed by atoms with Gasteiger partial charge in [0, 0.05) is 12.4 Å². The van der Waals surface area contributed by atoms with Crippen LogP contribution < -0.4 is 4.72 Å². The van der Waals surface area contributed by atoms with Gasteiger partial charge >= 0.3 is 5.97 Å². The second kappa shape index (κ2) is 5.66. The Morgan fingerprint density at radius 1 is 1.30 bits per heavy atom. The number of anilines is 1. The van der Waals surface area contributed by atoms with Crippen molar-refractivity contribution in [3.8, 4) is 0 Å². The molecule has 1 aromatic heterocycles. The molecule has 0 saturated carbocycles. The van der Waals surface area contributed by atoms with E-state index in [9.17, 15) is 13.2 Å². The van der Waals surface area contributed by atoms with Gasteiger partial charge in [0.05, 0.1) is 17.5 Å². The van der Waals surface area contributed by atoms with E-state index in [2.05, 4.69) is 14.7 Å². The van der Waals surface area contributed by atoms with Crippen molar-refractivity contribution in [2.45, 2.75) is 5.75 Å². The first-order valence-electron chi connectivity index (χ1n) is 5.55. The third-order valence-corrected chi connectivity index (χ3v) is 3.59. The molecule has 0 aliphatic heterocycles. The van der Waals surface area contributed by atoms with Crippen LogP contribution in [0.1, 0.15) is 15.9 Å². The summed E-state index contributed by atoms with van der Waals surface area (Å²) in [6.45, 7) is 0. The van der Waals surface area contributed by atoms with Crippen LogP contribution in [0.4, 0.5) is 5.82 Å². The van der Waals surface area contributed by atoms with Gasteiger partial charge in [-0.1, -0.05) is 12.1 Å².